The molecule has 0 bridgehead atoms. The third-order valence-electron chi connectivity index (χ3n) is 1.57. The van der Waals surface area contributed by atoms with Gasteiger partial charge < -0.3 is 10.5 Å². The molecule has 0 aliphatic heterocycles. The summed E-state index contributed by atoms with van der Waals surface area (Å²) in [4.78, 5) is 0. The molecule has 1 unspecified atom stereocenters. The van der Waals surface area contributed by atoms with Crippen LogP contribution in [0.25, 0.3) is 0 Å². The van der Waals surface area contributed by atoms with Crippen LogP contribution in [-0.2, 0) is 0 Å². The number of benzene rings is 1. The molecule has 0 heterocycles. The molecule has 0 fully saturated rings. The van der Waals surface area contributed by atoms with Crippen molar-refractivity contribution in [3.8, 4) is 5.75 Å². The van der Waals surface area contributed by atoms with Crippen LogP contribution >= 0.6 is 11.6 Å². The van der Waals surface area contributed by atoms with E-state index in [1.54, 1.807) is 13.0 Å². The lowest BCUT2D eigenvalue weighted by Crippen LogP contribution is -2.03. The van der Waals surface area contributed by atoms with E-state index in [2.05, 4.69) is 0 Å². The van der Waals surface area contributed by atoms with E-state index < -0.39 is 11.3 Å². The number of halogens is 2. The van der Waals surface area contributed by atoms with E-state index in [1.165, 1.54) is 12.1 Å². The average Bonchev–Trinajstić information content (AvgIpc) is 2.08. The molecule has 0 aliphatic carbocycles. The lowest BCUT2D eigenvalue weighted by molar-refractivity contribution is 0.321. The number of nitrogens with two attached hydrogens (primary N) is 1. The molecule has 0 spiro atoms. The zero-order chi connectivity index (χ0) is 9.84. The summed E-state index contributed by atoms with van der Waals surface area (Å²) in [6, 6.07) is 4.45. The zero-order valence-electron chi connectivity index (χ0n) is 7.26. The molecule has 0 saturated heterocycles. The van der Waals surface area contributed by atoms with E-state index in [4.69, 9.17) is 22.1 Å². The number of rotatable bonds is 3. The highest BCUT2D eigenvalue weighted by Crippen LogP contribution is 2.22. The Morgan fingerprint density at radius 2 is 2.31 bits per heavy atom. The Bertz CT molecular complexity index is 291. The van der Waals surface area contributed by atoms with Crippen molar-refractivity contribution in [1.82, 2.24) is 0 Å². The molecular weight excluding hydrogens is 193 g/mol. The fourth-order valence-corrected chi connectivity index (χ4v) is 1.10. The Balaban J connectivity index is 2.92. The van der Waals surface area contributed by atoms with Gasteiger partial charge in [0.15, 0.2) is 11.6 Å². The summed E-state index contributed by atoms with van der Waals surface area (Å²) >= 11 is 5.57. The van der Waals surface area contributed by atoms with E-state index >= 15 is 0 Å². The van der Waals surface area contributed by atoms with Crippen LogP contribution in [0.1, 0.15) is 18.0 Å². The second kappa shape index (κ2) is 4.44. The summed E-state index contributed by atoms with van der Waals surface area (Å²) in [6.45, 7) is 2.23. The summed E-state index contributed by atoms with van der Waals surface area (Å²) in [5.41, 5.74) is 5.23. The molecular formula is C9H11ClFNO. The maximum absolute atomic E-state index is 13.2. The Labute approximate surface area is 81.4 Å². The van der Waals surface area contributed by atoms with Gasteiger partial charge in [-0.25, -0.2) is 4.39 Å². The Morgan fingerprint density at radius 3 is 2.77 bits per heavy atom. The second-order valence-corrected chi connectivity index (χ2v) is 2.99. The number of alkyl halides is 1. The Kier molecular flexibility index (Phi) is 3.51. The lowest BCUT2D eigenvalue weighted by atomic mass is 10.2. The summed E-state index contributed by atoms with van der Waals surface area (Å²) in [7, 11) is 0. The molecule has 0 amide bonds. The smallest absolute Gasteiger partial charge is 0.165 e. The molecule has 1 atom stereocenters. The van der Waals surface area contributed by atoms with Crippen LogP contribution in [0, 0.1) is 5.82 Å². The standard InChI is InChI=1S/C9H11ClFNO/c1-2-13-8-4-3-6(9(10)12)5-7(8)11/h3-5,9H,2,12H2,1H3. The molecule has 13 heavy (non-hydrogen) atoms. The quantitative estimate of drug-likeness (QED) is 0.605. The van der Waals surface area contributed by atoms with Crippen LogP contribution in [0.4, 0.5) is 4.39 Å². The van der Waals surface area contributed by atoms with E-state index in [9.17, 15) is 4.39 Å². The van der Waals surface area contributed by atoms with Gasteiger partial charge in [0, 0.05) is 0 Å². The van der Waals surface area contributed by atoms with Gasteiger partial charge in [0.1, 0.15) is 5.50 Å². The van der Waals surface area contributed by atoms with Crippen LogP contribution < -0.4 is 10.5 Å². The highest BCUT2D eigenvalue weighted by molar-refractivity contribution is 6.20. The predicted octanol–water partition coefficient (Wildman–Crippen LogP) is 2.42. The van der Waals surface area contributed by atoms with Crippen molar-refractivity contribution in [2.45, 2.75) is 12.4 Å². The van der Waals surface area contributed by atoms with Crippen LogP contribution in [0.2, 0.25) is 0 Å². The SMILES string of the molecule is CCOc1ccc(C(N)Cl)cc1F. The maximum Gasteiger partial charge on any atom is 0.165 e. The molecule has 2 N–H and O–H groups in total. The molecule has 1 rings (SSSR count). The van der Waals surface area contributed by atoms with Gasteiger partial charge in [0.25, 0.3) is 0 Å². The summed E-state index contributed by atoms with van der Waals surface area (Å²) < 4.78 is 18.2. The monoisotopic (exact) mass is 203 g/mol. The van der Waals surface area contributed by atoms with Crippen molar-refractivity contribution in [1.29, 1.82) is 0 Å². The normalized spacial score (nSPS) is 12.6. The van der Waals surface area contributed by atoms with E-state index in [0.717, 1.165) is 0 Å². The zero-order valence-corrected chi connectivity index (χ0v) is 8.01. The van der Waals surface area contributed by atoms with Crippen molar-refractivity contribution in [2.24, 2.45) is 5.73 Å². The van der Waals surface area contributed by atoms with Crippen LogP contribution in [-0.4, -0.2) is 6.61 Å². The first-order valence-corrected chi connectivity index (χ1v) is 4.40. The highest BCUT2D eigenvalue weighted by atomic mass is 35.5. The van der Waals surface area contributed by atoms with Gasteiger partial charge in [0.2, 0.25) is 0 Å². The summed E-state index contributed by atoms with van der Waals surface area (Å²) in [6.07, 6.45) is 0. The maximum atomic E-state index is 13.2. The van der Waals surface area contributed by atoms with Gasteiger partial charge in [-0.1, -0.05) is 6.07 Å². The molecule has 4 heteroatoms. The van der Waals surface area contributed by atoms with Crippen molar-refractivity contribution in [3.63, 3.8) is 0 Å². The number of hydrogen-bond acceptors (Lipinski definition) is 2. The molecule has 2 nitrogen and oxygen atoms in total. The fraction of sp³-hybridized carbons (Fsp3) is 0.333. The molecule has 1 aromatic rings. The van der Waals surface area contributed by atoms with Crippen LogP contribution in [0.15, 0.2) is 18.2 Å². The minimum absolute atomic E-state index is 0.226. The topological polar surface area (TPSA) is 35.2 Å². The first kappa shape index (κ1) is 10.3. The third-order valence-corrected chi connectivity index (χ3v) is 1.83. The van der Waals surface area contributed by atoms with Crippen LogP contribution in [0.3, 0.4) is 0 Å². The largest absolute Gasteiger partial charge is 0.491 e. The molecule has 1 aromatic carbocycles. The van der Waals surface area contributed by atoms with Gasteiger partial charge >= 0.3 is 0 Å². The predicted molar refractivity (Wildman–Crippen MR) is 50.4 cm³/mol. The van der Waals surface area contributed by atoms with E-state index in [0.29, 0.717) is 12.2 Å². The molecule has 0 aliphatic rings. The minimum atomic E-state index is -0.676. The summed E-state index contributed by atoms with van der Waals surface area (Å²) in [5.74, 6) is -0.209. The van der Waals surface area contributed by atoms with Gasteiger partial charge in [0.05, 0.1) is 6.61 Å². The summed E-state index contributed by atoms with van der Waals surface area (Å²) in [5, 5.41) is 0. The first-order valence-electron chi connectivity index (χ1n) is 3.97. The highest BCUT2D eigenvalue weighted by Gasteiger charge is 2.07. The van der Waals surface area contributed by atoms with Gasteiger partial charge in [-0.15, -0.1) is 11.6 Å². The molecule has 72 valence electrons. The third kappa shape index (κ3) is 2.57. The molecule has 0 saturated carbocycles. The Hall–Kier alpha value is -0.800. The van der Waals surface area contributed by atoms with Gasteiger partial charge in [-0.2, -0.15) is 0 Å². The van der Waals surface area contributed by atoms with Gasteiger partial charge in [-0.05, 0) is 24.6 Å². The minimum Gasteiger partial charge on any atom is -0.491 e. The average molecular weight is 204 g/mol. The lowest BCUT2D eigenvalue weighted by Gasteiger charge is -2.07. The molecule has 0 aromatic heterocycles. The van der Waals surface area contributed by atoms with Crippen molar-refractivity contribution in [3.05, 3.63) is 29.6 Å². The van der Waals surface area contributed by atoms with E-state index in [-0.39, 0.29) is 5.75 Å². The number of ether oxygens (including phenoxy) is 1. The van der Waals surface area contributed by atoms with E-state index in [1.807, 2.05) is 0 Å². The Morgan fingerprint density at radius 1 is 1.62 bits per heavy atom. The number of hydrogen-bond donors (Lipinski definition) is 1. The van der Waals surface area contributed by atoms with Crippen molar-refractivity contribution in [2.75, 3.05) is 6.61 Å². The molecule has 0 radical (unpaired) electrons. The first-order chi connectivity index (χ1) is 6.15. The van der Waals surface area contributed by atoms with Gasteiger partial charge in [-0.3, -0.25) is 0 Å². The fourth-order valence-electron chi connectivity index (χ4n) is 0.961. The van der Waals surface area contributed by atoms with Crippen LogP contribution in [0.5, 0.6) is 5.75 Å². The van der Waals surface area contributed by atoms with Crippen molar-refractivity contribution >= 4 is 11.6 Å². The second-order valence-electron chi connectivity index (χ2n) is 2.52. The van der Waals surface area contributed by atoms with Crippen molar-refractivity contribution < 1.29 is 9.13 Å².